The molecule has 0 saturated carbocycles. The van der Waals surface area contributed by atoms with Gasteiger partial charge in [0.1, 0.15) is 0 Å². The van der Waals surface area contributed by atoms with Crippen LogP contribution in [-0.4, -0.2) is 5.16 Å². The van der Waals surface area contributed by atoms with Crippen molar-refractivity contribution < 1.29 is 4.52 Å². The first-order chi connectivity index (χ1) is 6.86. The van der Waals surface area contributed by atoms with Gasteiger partial charge in [0.2, 0.25) is 0 Å². The molecule has 0 aliphatic carbocycles. The van der Waals surface area contributed by atoms with Crippen LogP contribution < -0.4 is 5.32 Å². The maximum absolute atomic E-state index is 6.06. The largest absolute Gasteiger partial charge is 0.376 e. The summed E-state index contributed by atoms with van der Waals surface area (Å²) in [5.74, 6) is 0.861. The molecule has 0 bridgehead atoms. The van der Waals surface area contributed by atoms with Crippen LogP contribution in [0.2, 0.25) is 5.02 Å². The standard InChI is InChI=1S/C10H7ClN2O/c11-8-3-1-2-6-7-4-13-14-9(7)5-12-10(6)8/h1-4,12H,5H2. The van der Waals surface area contributed by atoms with Crippen molar-refractivity contribution in [1.82, 2.24) is 5.16 Å². The van der Waals surface area contributed by atoms with E-state index < -0.39 is 0 Å². The maximum atomic E-state index is 6.06. The second kappa shape index (κ2) is 2.75. The highest BCUT2D eigenvalue weighted by atomic mass is 35.5. The minimum Gasteiger partial charge on any atom is -0.376 e. The van der Waals surface area contributed by atoms with Gasteiger partial charge in [0.15, 0.2) is 5.76 Å². The summed E-state index contributed by atoms with van der Waals surface area (Å²) < 4.78 is 5.10. The fraction of sp³-hybridized carbons (Fsp3) is 0.100. The third kappa shape index (κ3) is 0.960. The lowest BCUT2D eigenvalue weighted by atomic mass is 10.0. The van der Waals surface area contributed by atoms with Gasteiger partial charge in [0, 0.05) is 11.1 Å². The SMILES string of the molecule is Clc1cccc2c1NCc1oncc1-2. The fourth-order valence-corrected chi connectivity index (χ4v) is 1.95. The summed E-state index contributed by atoms with van der Waals surface area (Å²) in [6.45, 7) is 0.645. The Hall–Kier alpha value is -1.48. The molecule has 3 nitrogen and oxygen atoms in total. The Morgan fingerprint density at radius 1 is 1.36 bits per heavy atom. The Kier molecular flexibility index (Phi) is 1.55. The molecule has 0 radical (unpaired) electrons. The van der Waals surface area contributed by atoms with Crippen LogP contribution in [0.5, 0.6) is 0 Å². The number of halogens is 1. The predicted molar refractivity (Wildman–Crippen MR) is 54.3 cm³/mol. The number of nitrogens with one attached hydrogen (secondary N) is 1. The Balaban J connectivity index is 2.31. The molecule has 0 unspecified atom stereocenters. The van der Waals surface area contributed by atoms with E-state index in [4.69, 9.17) is 16.1 Å². The molecular formula is C10H7ClN2O. The summed E-state index contributed by atoms with van der Waals surface area (Å²) in [5, 5.41) is 7.71. The molecule has 70 valence electrons. The summed E-state index contributed by atoms with van der Waals surface area (Å²) in [6.07, 6.45) is 1.73. The Bertz CT molecular complexity index is 493. The Morgan fingerprint density at radius 3 is 3.21 bits per heavy atom. The van der Waals surface area contributed by atoms with Crippen molar-refractivity contribution in [3.8, 4) is 11.1 Å². The van der Waals surface area contributed by atoms with Gasteiger partial charge in [0.05, 0.1) is 23.5 Å². The first kappa shape index (κ1) is 7.88. The van der Waals surface area contributed by atoms with Crippen molar-refractivity contribution >= 4 is 17.3 Å². The molecule has 1 aromatic heterocycles. The van der Waals surface area contributed by atoms with Crippen molar-refractivity contribution in [1.29, 1.82) is 0 Å². The summed E-state index contributed by atoms with van der Waals surface area (Å²) >= 11 is 6.06. The number of para-hydroxylation sites is 1. The predicted octanol–water partition coefficient (Wildman–Crippen LogP) is 2.92. The first-order valence-corrected chi connectivity index (χ1v) is 4.70. The molecule has 14 heavy (non-hydrogen) atoms. The number of hydrogen-bond donors (Lipinski definition) is 1. The topological polar surface area (TPSA) is 38.1 Å². The number of fused-ring (bicyclic) bond motifs is 3. The van der Waals surface area contributed by atoms with Gasteiger partial charge in [-0.3, -0.25) is 0 Å². The molecule has 1 aromatic carbocycles. The third-order valence-corrected chi connectivity index (χ3v) is 2.69. The van der Waals surface area contributed by atoms with E-state index in [0.717, 1.165) is 27.6 Å². The van der Waals surface area contributed by atoms with Crippen molar-refractivity contribution in [2.24, 2.45) is 0 Å². The quantitative estimate of drug-likeness (QED) is 0.720. The molecule has 0 fully saturated rings. The van der Waals surface area contributed by atoms with E-state index in [0.29, 0.717) is 6.54 Å². The van der Waals surface area contributed by atoms with Crippen LogP contribution in [-0.2, 0) is 6.54 Å². The minimum absolute atomic E-state index is 0.645. The van der Waals surface area contributed by atoms with E-state index in [9.17, 15) is 0 Å². The van der Waals surface area contributed by atoms with Crippen LogP contribution >= 0.6 is 11.6 Å². The van der Waals surface area contributed by atoms with E-state index in [2.05, 4.69) is 10.5 Å². The van der Waals surface area contributed by atoms with Crippen LogP contribution in [0.1, 0.15) is 5.76 Å². The molecule has 0 amide bonds. The smallest absolute Gasteiger partial charge is 0.163 e. The van der Waals surface area contributed by atoms with Crippen LogP contribution in [0, 0.1) is 0 Å². The summed E-state index contributed by atoms with van der Waals surface area (Å²) in [5.41, 5.74) is 3.05. The lowest BCUT2D eigenvalue weighted by Crippen LogP contribution is -2.06. The summed E-state index contributed by atoms with van der Waals surface area (Å²) in [7, 11) is 0. The second-order valence-corrected chi connectivity index (χ2v) is 3.59. The van der Waals surface area contributed by atoms with Crippen LogP contribution in [0.4, 0.5) is 5.69 Å². The number of rotatable bonds is 0. The number of benzene rings is 1. The Labute approximate surface area is 85.7 Å². The molecule has 2 heterocycles. The molecule has 0 saturated heterocycles. The molecule has 0 atom stereocenters. The van der Waals surface area contributed by atoms with Gasteiger partial charge >= 0.3 is 0 Å². The van der Waals surface area contributed by atoms with Crippen molar-refractivity contribution in [2.75, 3.05) is 5.32 Å². The first-order valence-electron chi connectivity index (χ1n) is 4.32. The highest BCUT2D eigenvalue weighted by molar-refractivity contribution is 6.34. The van der Waals surface area contributed by atoms with Gasteiger partial charge in [-0.1, -0.05) is 28.9 Å². The number of anilines is 1. The van der Waals surface area contributed by atoms with Crippen molar-refractivity contribution in [2.45, 2.75) is 6.54 Å². The number of hydrogen-bond acceptors (Lipinski definition) is 3. The number of aromatic nitrogens is 1. The zero-order valence-corrected chi connectivity index (χ0v) is 8.01. The average molecular weight is 207 g/mol. The number of nitrogens with zero attached hydrogens (tertiary/aromatic N) is 1. The van der Waals surface area contributed by atoms with Crippen LogP contribution in [0.25, 0.3) is 11.1 Å². The fourth-order valence-electron chi connectivity index (χ4n) is 1.71. The van der Waals surface area contributed by atoms with Gasteiger partial charge in [-0.05, 0) is 6.07 Å². The van der Waals surface area contributed by atoms with E-state index in [1.165, 1.54) is 0 Å². The van der Waals surface area contributed by atoms with E-state index in [-0.39, 0.29) is 0 Å². The lowest BCUT2D eigenvalue weighted by Gasteiger charge is -2.17. The highest BCUT2D eigenvalue weighted by Gasteiger charge is 2.20. The molecule has 3 rings (SSSR count). The van der Waals surface area contributed by atoms with Crippen LogP contribution in [0.15, 0.2) is 28.9 Å². The van der Waals surface area contributed by atoms with Gasteiger partial charge in [-0.25, -0.2) is 0 Å². The average Bonchev–Trinajstić information content (AvgIpc) is 2.66. The molecule has 0 spiro atoms. The van der Waals surface area contributed by atoms with E-state index >= 15 is 0 Å². The molecular weight excluding hydrogens is 200 g/mol. The van der Waals surface area contributed by atoms with Crippen LogP contribution in [0.3, 0.4) is 0 Å². The van der Waals surface area contributed by atoms with Gasteiger partial charge in [-0.15, -0.1) is 0 Å². The molecule has 4 heteroatoms. The third-order valence-electron chi connectivity index (χ3n) is 2.37. The molecule has 1 aliphatic heterocycles. The summed E-state index contributed by atoms with van der Waals surface area (Å²) in [4.78, 5) is 0. The molecule has 1 aliphatic rings. The lowest BCUT2D eigenvalue weighted by molar-refractivity contribution is 0.388. The van der Waals surface area contributed by atoms with Crippen molar-refractivity contribution in [3.63, 3.8) is 0 Å². The normalized spacial score (nSPS) is 12.9. The summed E-state index contributed by atoms with van der Waals surface area (Å²) in [6, 6.07) is 5.79. The highest BCUT2D eigenvalue weighted by Crippen LogP contribution is 2.39. The Morgan fingerprint density at radius 2 is 2.29 bits per heavy atom. The molecule has 1 N–H and O–H groups in total. The maximum Gasteiger partial charge on any atom is 0.163 e. The van der Waals surface area contributed by atoms with E-state index in [1.54, 1.807) is 6.20 Å². The zero-order valence-electron chi connectivity index (χ0n) is 7.25. The van der Waals surface area contributed by atoms with Gasteiger partial charge < -0.3 is 9.84 Å². The monoisotopic (exact) mass is 206 g/mol. The zero-order chi connectivity index (χ0) is 9.54. The minimum atomic E-state index is 0.645. The van der Waals surface area contributed by atoms with Crippen molar-refractivity contribution in [3.05, 3.63) is 35.2 Å². The van der Waals surface area contributed by atoms with E-state index in [1.807, 2.05) is 18.2 Å². The van der Waals surface area contributed by atoms with Gasteiger partial charge in [-0.2, -0.15) is 0 Å². The van der Waals surface area contributed by atoms with Gasteiger partial charge in [0.25, 0.3) is 0 Å². The second-order valence-electron chi connectivity index (χ2n) is 3.18. The molecule has 2 aromatic rings.